The zero-order valence-electron chi connectivity index (χ0n) is 13.7. The van der Waals surface area contributed by atoms with Gasteiger partial charge in [-0.2, -0.15) is 0 Å². The number of sulfonamides is 1. The Labute approximate surface area is 137 Å². The van der Waals surface area contributed by atoms with Gasteiger partial charge in [0.15, 0.2) is 0 Å². The molecule has 3 rings (SSSR count). The van der Waals surface area contributed by atoms with E-state index in [0.717, 1.165) is 31.7 Å². The van der Waals surface area contributed by atoms with Gasteiger partial charge in [0.2, 0.25) is 10.0 Å². The van der Waals surface area contributed by atoms with Crippen molar-refractivity contribution in [3.8, 4) is 0 Å². The highest BCUT2D eigenvalue weighted by Gasteiger charge is 2.40. The van der Waals surface area contributed by atoms with Crippen LogP contribution in [0.25, 0.3) is 0 Å². The molecular formula is C16H23N3O3S. The molecule has 2 saturated heterocycles. The molecule has 2 atom stereocenters. The monoisotopic (exact) mass is 337 g/mol. The summed E-state index contributed by atoms with van der Waals surface area (Å²) in [6, 6.07) is 3.17. The fourth-order valence-corrected chi connectivity index (χ4v) is 4.70. The van der Waals surface area contributed by atoms with Crippen LogP contribution in [0, 0.1) is 25.7 Å². The topological polar surface area (TPSA) is 83.7 Å². The zero-order chi connectivity index (χ0) is 16.9. The average molecular weight is 337 g/mol. The van der Waals surface area contributed by atoms with E-state index >= 15 is 0 Å². The second kappa shape index (κ2) is 5.58. The van der Waals surface area contributed by atoms with E-state index in [9.17, 15) is 13.2 Å². The van der Waals surface area contributed by atoms with Crippen LogP contribution in [-0.4, -0.2) is 57.4 Å². The standard InChI is InChI=1S/C16H23N3O3S/c1-10-4-12(5-15(11(10)2)23(17,21)22)16(20)19-8-13-6-18(3)7-14(13)9-19/h4-5,13-14H,6-9H2,1-3H3,(H2,17,21,22)/t13-,14+. The minimum absolute atomic E-state index is 0.0416. The second-order valence-corrected chi connectivity index (χ2v) is 8.44. The van der Waals surface area contributed by atoms with Crippen LogP contribution in [0.2, 0.25) is 0 Å². The molecule has 2 aliphatic rings. The first kappa shape index (κ1) is 16.4. The number of primary sulfonamides is 1. The Bertz CT molecular complexity index is 746. The number of hydrogen-bond acceptors (Lipinski definition) is 4. The van der Waals surface area contributed by atoms with Gasteiger partial charge in [0, 0.05) is 31.7 Å². The van der Waals surface area contributed by atoms with Gasteiger partial charge >= 0.3 is 0 Å². The van der Waals surface area contributed by atoms with E-state index in [4.69, 9.17) is 5.14 Å². The molecule has 0 unspecified atom stereocenters. The van der Waals surface area contributed by atoms with Gasteiger partial charge in [0.1, 0.15) is 0 Å². The number of aryl methyl sites for hydroxylation is 1. The van der Waals surface area contributed by atoms with Crippen molar-refractivity contribution in [3.05, 3.63) is 28.8 Å². The summed E-state index contributed by atoms with van der Waals surface area (Å²) in [7, 11) is -1.73. The van der Waals surface area contributed by atoms with E-state index < -0.39 is 10.0 Å². The average Bonchev–Trinajstić information content (AvgIpc) is 2.96. The Hall–Kier alpha value is -1.44. The number of carbonyl (C=O) groups excluding carboxylic acids is 1. The Morgan fingerprint density at radius 2 is 1.70 bits per heavy atom. The minimum Gasteiger partial charge on any atom is -0.338 e. The number of rotatable bonds is 2. The summed E-state index contributed by atoms with van der Waals surface area (Å²) in [4.78, 5) is 17.0. The van der Waals surface area contributed by atoms with E-state index in [1.807, 2.05) is 4.90 Å². The van der Waals surface area contributed by atoms with Crippen LogP contribution >= 0.6 is 0 Å². The first-order valence-corrected chi connectivity index (χ1v) is 9.33. The van der Waals surface area contributed by atoms with Crippen molar-refractivity contribution >= 4 is 15.9 Å². The molecule has 0 aliphatic carbocycles. The van der Waals surface area contributed by atoms with Crippen LogP contribution in [0.1, 0.15) is 21.5 Å². The predicted octanol–water partition coefficient (Wildman–Crippen LogP) is 0.584. The number of amides is 1. The maximum atomic E-state index is 12.8. The van der Waals surface area contributed by atoms with Crippen LogP contribution in [-0.2, 0) is 10.0 Å². The van der Waals surface area contributed by atoms with Crippen LogP contribution < -0.4 is 5.14 Å². The minimum atomic E-state index is -3.84. The van der Waals surface area contributed by atoms with Gasteiger partial charge in [-0.1, -0.05) is 0 Å². The number of hydrogen-bond donors (Lipinski definition) is 1. The molecule has 23 heavy (non-hydrogen) atoms. The van der Waals surface area contributed by atoms with Gasteiger partial charge in [-0.3, -0.25) is 4.79 Å². The van der Waals surface area contributed by atoms with Crippen molar-refractivity contribution in [1.29, 1.82) is 0 Å². The lowest BCUT2D eigenvalue weighted by Gasteiger charge is -2.20. The van der Waals surface area contributed by atoms with E-state index in [0.29, 0.717) is 23.0 Å². The lowest BCUT2D eigenvalue weighted by Crippen LogP contribution is -2.32. The van der Waals surface area contributed by atoms with Crippen molar-refractivity contribution in [2.24, 2.45) is 17.0 Å². The van der Waals surface area contributed by atoms with Crippen LogP contribution in [0.5, 0.6) is 0 Å². The fraction of sp³-hybridized carbons (Fsp3) is 0.562. The molecule has 0 bridgehead atoms. The van der Waals surface area contributed by atoms with E-state index in [1.54, 1.807) is 19.9 Å². The lowest BCUT2D eigenvalue weighted by atomic mass is 10.0. The molecule has 126 valence electrons. The molecule has 0 saturated carbocycles. The Balaban J connectivity index is 1.88. The molecule has 2 N–H and O–H groups in total. The normalized spacial score (nSPS) is 25.0. The highest BCUT2D eigenvalue weighted by Crippen LogP contribution is 2.31. The number of benzene rings is 1. The first-order chi connectivity index (χ1) is 10.7. The van der Waals surface area contributed by atoms with E-state index in [-0.39, 0.29) is 10.8 Å². The second-order valence-electron chi connectivity index (χ2n) is 6.91. The van der Waals surface area contributed by atoms with Crippen molar-refractivity contribution in [2.75, 3.05) is 33.2 Å². The molecular weight excluding hydrogens is 314 g/mol. The van der Waals surface area contributed by atoms with Crippen LogP contribution in [0.15, 0.2) is 17.0 Å². The molecule has 2 heterocycles. The van der Waals surface area contributed by atoms with Gasteiger partial charge in [0.05, 0.1) is 4.90 Å². The quantitative estimate of drug-likeness (QED) is 0.856. The summed E-state index contributed by atoms with van der Waals surface area (Å²) in [5.41, 5.74) is 1.77. The third-order valence-electron chi connectivity index (χ3n) is 5.13. The molecule has 2 fully saturated rings. The van der Waals surface area contributed by atoms with Gasteiger partial charge < -0.3 is 9.80 Å². The Morgan fingerprint density at radius 1 is 1.13 bits per heavy atom. The number of fused-ring (bicyclic) bond motifs is 1. The number of carbonyl (C=O) groups is 1. The smallest absolute Gasteiger partial charge is 0.253 e. The van der Waals surface area contributed by atoms with Crippen LogP contribution in [0.3, 0.4) is 0 Å². The van der Waals surface area contributed by atoms with Gasteiger partial charge in [-0.15, -0.1) is 0 Å². The van der Waals surface area contributed by atoms with Crippen molar-refractivity contribution in [3.63, 3.8) is 0 Å². The summed E-state index contributed by atoms with van der Waals surface area (Å²) < 4.78 is 23.5. The zero-order valence-corrected chi connectivity index (χ0v) is 14.6. The summed E-state index contributed by atoms with van der Waals surface area (Å²) in [5.74, 6) is 0.941. The van der Waals surface area contributed by atoms with Crippen molar-refractivity contribution in [1.82, 2.24) is 9.80 Å². The van der Waals surface area contributed by atoms with Gasteiger partial charge in [-0.25, -0.2) is 13.6 Å². The summed E-state index contributed by atoms with van der Waals surface area (Å²) >= 11 is 0. The highest BCUT2D eigenvalue weighted by atomic mass is 32.2. The summed E-state index contributed by atoms with van der Waals surface area (Å²) in [6.45, 7) is 7.03. The van der Waals surface area contributed by atoms with Crippen molar-refractivity contribution < 1.29 is 13.2 Å². The van der Waals surface area contributed by atoms with E-state index in [2.05, 4.69) is 11.9 Å². The molecule has 6 nitrogen and oxygen atoms in total. The molecule has 2 aliphatic heterocycles. The molecule has 1 aromatic rings. The molecule has 1 aromatic carbocycles. The highest BCUT2D eigenvalue weighted by molar-refractivity contribution is 7.89. The van der Waals surface area contributed by atoms with Gasteiger partial charge in [0.25, 0.3) is 5.91 Å². The van der Waals surface area contributed by atoms with Crippen molar-refractivity contribution in [2.45, 2.75) is 18.7 Å². The predicted molar refractivity (Wildman–Crippen MR) is 87.7 cm³/mol. The molecule has 0 spiro atoms. The maximum absolute atomic E-state index is 12.8. The third kappa shape index (κ3) is 3.00. The number of nitrogens with two attached hydrogens (primary N) is 1. The third-order valence-corrected chi connectivity index (χ3v) is 6.17. The van der Waals surface area contributed by atoms with E-state index in [1.165, 1.54) is 6.07 Å². The molecule has 7 heteroatoms. The largest absolute Gasteiger partial charge is 0.338 e. The number of likely N-dealkylation sites (tertiary alicyclic amines) is 2. The van der Waals surface area contributed by atoms with Gasteiger partial charge in [-0.05, 0) is 56.0 Å². The Morgan fingerprint density at radius 3 is 2.22 bits per heavy atom. The first-order valence-electron chi connectivity index (χ1n) is 7.78. The molecule has 1 amide bonds. The van der Waals surface area contributed by atoms with Crippen LogP contribution in [0.4, 0.5) is 0 Å². The molecule has 0 radical (unpaired) electrons. The maximum Gasteiger partial charge on any atom is 0.253 e. The summed E-state index contributed by atoms with van der Waals surface area (Å²) in [6.07, 6.45) is 0. The summed E-state index contributed by atoms with van der Waals surface area (Å²) in [5, 5.41) is 5.28. The number of nitrogens with zero attached hydrogens (tertiary/aromatic N) is 2. The lowest BCUT2D eigenvalue weighted by molar-refractivity contribution is 0.0775. The molecule has 0 aromatic heterocycles. The SMILES string of the molecule is Cc1cc(C(=O)N2C[C@H]3CN(C)C[C@H]3C2)cc(S(N)(=O)=O)c1C. The Kier molecular flexibility index (Phi) is 3.98. The fourth-order valence-electron chi connectivity index (χ4n) is 3.82.